The molecule has 0 saturated heterocycles. The van der Waals surface area contributed by atoms with Crippen molar-refractivity contribution in [2.75, 3.05) is 0 Å². The molecule has 140 valence electrons. The van der Waals surface area contributed by atoms with Crippen molar-refractivity contribution in [2.45, 2.75) is 25.7 Å². The van der Waals surface area contributed by atoms with E-state index in [0.29, 0.717) is 16.5 Å². The molecule has 0 spiro atoms. The minimum atomic E-state index is -0.231. The Bertz CT molecular complexity index is 1260. The van der Waals surface area contributed by atoms with Crippen LogP contribution in [0.2, 0.25) is 0 Å². The standard InChI is InChI=1S/C21H17N3O3S/c1-11-14-4-2-3-5-17(14)20(24-23-11)27-13-7-9-15-12(10-13)6-8-16(15)18-19(25)22-21(26)28-18/h2-5,7,9-10,16,25H,6,8H2,1H3,(H,22,26). The number of nitrogens with one attached hydrogen (secondary N) is 1. The summed E-state index contributed by atoms with van der Waals surface area (Å²) in [6.07, 6.45) is 1.72. The molecule has 0 amide bonds. The lowest BCUT2D eigenvalue weighted by molar-refractivity contribution is 0.447. The largest absolute Gasteiger partial charge is 0.494 e. The summed E-state index contributed by atoms with van der Waals surface area (Å²) in [5.41, 5.74) is 3.15. The summed E-state index contributed by atoms with van der Waals surface area (Å²) < 4.78 is 6.06. The Hall–Kier alpha value is -3.19. The minimum Gasteiger partial charge on any atom is -0.494 e. The number of nitrogens with zero attached hydrogens (tertiary/aromatic N) is 2. The van der Waals surface area contributed by atoms with E-state index in [1.807, 2.05) is 49.4 Å². The summed E-state index contributed by atoms with van der Waals surface area (Å²) in [5, 5.41) is 20.4. The second-order valence-electron chi connectivity index (χ2n) is 6.92. The third kappa shape index (κ3) is 2.75. The van der Waals surface area contributed by atoms with Gasteiger partial charge in [-0.05, 0) is 49.1 Å². The number of aromatic hydroxyl groups is 1. The number of aromatic amines is 1. The zero-order valence-corrected chi connectivity index (χ0v) is 15.9. The molecule has 6 nitrogen and oxygen atoms in total. The van der Waals surface area contributed by atoms with Crippen LogP contribution >= 0.6 is 11.3 Å². The van der Waals surface area contributed by atoms with Crippen molar-refractivity contribution in [3.8, 4) is 17.5 Å². The van der Waals surface area contributed by atoms with Gasteiger partial charge in [0.1, 0.15) is 5.75 Å². The van der Waals surface area contributed by atoms with Gasteiger partial charge in [-0.25, -0.2) is 0 Å². The van der Waals surface area contributed by atoms with Gasteiger partial charge in [-0.2, -0.15) is 5.10 Å². The van der Waals surface area contributed by atoms with E-state index in [9.17, 15) is 9.90 Å². The predicted octanol–water partition coefficient (Wildman–Crippen LogP) is 4.26. The molecule has 4 aromatic rings. The van der Waals surface area contributed by atoms with Gasteiger partial charge in [0.25, 0.3) is 0 Å². The van der Waals surface area contributed by atoms with E-state index >= 15 is 0 Å². The van der Waals surface area contributed by atoms with E-state index in [2.05, 4.69) is 15.2 Å². The maximum absolute atomic E-state index is 11.5. The molecule has 2 aromatic heterocycles. The maximum Gasteiger partial charge on any atom is 0.307 e. The monoisotopic (exact) mass is 391 g/mol. The molecule has 0 saturated carbocycles. The van der Waals surface area contributed by atoms with Crippen molar-refractivity contribution in [1.82, 2.24) is 15.2 Å². The molecule has 2 aromatic carbocycles. The molecule has 1 aliphatic carbocycles. The number of H-pyrrole nitrogens is 1. The maximum atomic E-state index is 11.5. The first-order valence-electron chi connectivity index (χ1n) is 9.05. The van der Waals surface area contributed by atoms with Gasteiger partial charge in [-0.1, -0.05) is 35.6 Å². The molecule has 0 radical (unpaired) electrons. The second-order valence-corrected chi connectivity index (χ2v) is 7.93. The van der Waals surface area contributed by atoms with E-state index in [-0.39, 0.29) is 16.7 Å². The van der Waals surface area contributed by atoms with Crippen LogP contribution in [-0.4, -0.2) is 20.3 Å². The molecule has 28 heavy (non-hydrogen) atoms. The molecular weight excluding hydrogens is 374 g/mol. The first-order valence-corrected chi connectivity index (χ1v) is 9.86. The number of benzene rings is 2. The van der Waals surface area contributed by atoms with Gasteiger partial charge in [-0.15, -0.1) is 5.10 Å². The third-order valence-electron chi connectivity index (χ3n) is 5.22. The van der Waals surface area contributed by atoms with Crippen LogP contribution in [0.5, 0.6) is 17.5 Å². The number of aromatic nitrogens is 3. The zero-order chi connectivity index (χ0) is 19.3. The Labute approximate surface area is 164 Å². The number of aryl methyl sites for hydroxylation is 2. The molecule has 2 N–H and O–H groups in total. The van der Waals surface area contributed by atoms with E-state index in [1.165, 1.54) is 0 Å². The fourth-order valence-corrected chi connectivity index (χ4v) is 4.78. The van der Waals surface area contributed by atoms with Crippen molar-refractivity contribution in [3.05, 3.63) is 73.8 Å². The van der Waals surface area contributed by atoms with Gasteiger partial charge in [0.15, 0.2) is 0 Å². The summed E-state index contributed by atoms with van der Waals surface area (Å²) in [6, 6.07) is 13.8. The molecular formula is C21H17N3O3S. The van der Waals surface area contributed by atoms with Crippen molar-refractivity contribution >= 4 is 22.1 Å². The van der Waals surface area contributed by atoms with E-state index in [0.717, 1.165) is 51.8 Å². The van der Waals surface area contributed by atoms with Crippen molar-refractivity contribution < 1.29 is 9.84 Å². The van der Waals surface area contributed by atoms with Crippen LogP contribution in [0, 0.1) is 6.92 Å². The first-order chi connectivity index (χ1) is 13.6. The number of rotatable bonds is 3. The van der Waals surface area contributed by atoms with E-state index in [4.69, 9.17) is 4.74 Å². The van der Waals surface area contributed by atoms with Crippen LogP contribution in [0.3, 0.4) is 0 Å². The average Bonchev–Trinajstić information content (AvgIpc) is 3.26. The normalized spacial score (nSPS) is 15.7. The lowest BCUT2D eigenvalue weighted by atomic mass is 10.00. The fourth-order valence-electron chi connectivity index (χ4n) is 3.90. The Morgan fingerprint density at radius 2 is 2.00 bits per heavy atom. The summed E-state index contributed by atoms with van der Waals surface area (Å²) in [4.78, 5) is 14.5. The van der Waals surface area contributed by atoms with Crippen LogP contribution in [0.1, 0.15) is 34.0 Å². The van der Waals surface area contributed by atoms with Crippen LogP contribution < -0.4 is 9.61 Å². The Morgan fingerprint density at radius 1 is 1.18 bits per heavy atom. The Kier molecular flexibility index (Phi) is 3.91. The lowest BCUT2D eigenvalue weighted by Crippen LogP contribution is -1.97. The van der Waals surface area contributed by atoms with Crippen molar-refractivity contribution in [2.24, 2.45) is 0 Å². The molecule has 1 unspecified atom stereocenters. The second kappa shape index (κ2) is 6.45. The minimum absolute atomic E-state index is 0.0189. The van der Waals surface area contributed by atoms with Gasteiger partial charge >= 0.3 is 4.87 Å². The smallest absolute Gasteiger partial charge is 0.307 e. The topological polar surface area (TPSA) is 88.1 Å². The highest BCUT2D eigenvalue weighted by Crippen LogP contribution is 2.43. The summed E-state index contributed by atoms with van der Waals surface area (Å²) in [6.45, 7) is 1.93. The number of hydrogen-bond acceptors (Lipinski definition) is 6. The molecule has 7 heteroatoms. The highest BCUT2D eigenvalue weighted by atomic mass is 32.1. The highest BCUT2D eigenvalue weighted by Gasteiger charge is 2.28. The Morgan fingerprint density at radius 3 is 2.79 bits per heavy atom. The van der Waals surface area contributed by atoms with Crippen molar-refractivity contribution in [3.63, 3.8) is 0 Å². The first kappa shape index (κ1) is 16.9. The predicted molar refractivity (Wildman–Crippen MR) is 108 cm³/mol. The van der Waals surface area contributed by atoms with E-state index < -0.39 is 0 Å². The molecule has 5 rings (SSSR count). The summed E-state index contributed by atoms with van der Waals surface area (Å²) in [7, 11) is 0. The zero-order valence-electron chi connectivity index (χ0n) is 15.1. The fraction of sp³-hybridized carbons (Fsp3) is 0.190. The number of fused-ring (bicyclic) bond motifs is 2. The van der Waals surface area contributed by atoms with Gasteiger partial charge in [0, 0.05) is 16.7 Å². The molecule has 0 fully saturated rings. The molecule has 1 atom stereocenters. The third-order valence-corrected chi connectivity index (χ3v) is 6.20. The number of ether oxygens (including phenoxy) is 1. The summed E-state index contributed by atoms with van der Waals surface area (Å²) >= 11 is 1.07. The molecule has 2 heterocycles. The van der Waals surface area contributed by atoms with Gasteiger partial charge in [0.2, 0.25) is 11.8 Å². The average molecular weight is 391 g/mol. The Balaban J connectivity index is 1.49. The highest BCUT2D eigenvalue weighted by molar-refractivity contribution is 7.09. The van der Waals surface area contributed by atoms with Gasteiger partial charge in [0.05, 0.1) is 10.6 Å². The molecule has 0 bridgehead atoms. The van der Waals surface area contributed by atoms with Crippen molar-refractivity contribution in [1.29, 1.82) is 0 Å². The summed E-state index contributed by atoms with van der Waals surface area (Å²) in [5.74, 6) is 1.20. The number of thiazole rings is 1. The number of hydrogen-bond donors (Lipinski definition) is 2. The SMILES string of the molecule is Cc1nnc(Oc2ccc3c(c2)CCC3c2sc(=O)[nH]c2O)c2ccccc12. The van der Waals surface area contributed by atoms with Crippen LogP contribution in [0.15, 0.2) is 47.3 Å². The van der Waals surface area contributed by atoms with E-state index in [1.54, 1.807) is 0 Å². The van der Waals surface area contributed by atoms with Gasteiger partial charge < -0.3 is 9.84 Å². The van der Waals surface area contributed by atoms with Crippen LogP contribution in [-0.2, 0) is 6.42 Å². The quantitative estimate of drug-likeness (QED) is 0.545. The lowest BCUT2D eigenvalue weighted by Gasteiger charge is -2.12. The van der Waals surface area contributed by atoms with Crippen LogP contribution in [0.4, 0.5) is 0 Å². The molecule has 1 aliphatic rings. The van der Waals surface area contributed by atoms with Crippen LogP contribution in [0.25, 0.3) is 10.8 Å². The van der Waals surface area contributed by atoms with Gasteiger partial charge in [-0.3, -0.25) is 9.78 Å². The molecule has 0 aliphatic heterocycles.